The normalized spacial score (nSPS) is 14.1. The molecule has 1 aliphatic rings. The van der Waals surface area contributed by atoms with E-state index in [1.165, 1.54) is 11.3 Å². The predicted molar refractivity (Wildman–Crippen MR) is 131 cm³/mol. The number of rotatable bonds is 3. The first-order chi connectivity index (χ1) is 16.2. The molecule has 0 saturated carbocycles. The number of amides is 1. The van der Waals surface area contributed by atoms with Crippen molar-refractivity contribution in [2.45, 2.75) is 6.42 Å². The van der Waals surface area contributed by atoms with Gasteiger partial charge in [0.1, 0.15) is 5.82 Å². The number of aromatic nitrogens is 4. The van der Waals surface area contributed by atoms with Crippen LogP contribution in [0.2, 0.25) is 0 Å². The number of nitrogens with zero attached hydrogens (tertiary/aromatic N) is 5. The maximum absolute atomic E-state index is 12.6. The molecule has 7 nitrogen and oxygen atoms in total. The number of nitrogen functional groups attached to an aromatic ring is 1. The number of hydrogen-bond donors (Lipinski definition) is 1. The molecule has 6 rings (SSSR count). The van der Waals surface area contributed by atoms with Gasteiger partial charge in [0, 0.05) is 41.9 Å². The summed E-state index contributed by atoms with van der Waals surface area (Å²) in [5.74, 6) is 0.595. The molecule has 5 heterocycles. The van der Waals surface area contributed by atoms with Crippen molar-refractivity contribution in [3.05, 3.63) is 83.0 Å². The molecule has 0 bridgehead atoms. The van der Waals surface area contributed by atoms with Crippen molar-refractivity contribution in [2.75, 3.05) is 18.8 Å². The second-order valence-corrected chi connectivity index (χ2v) is 8.93. The largest absolute Gasteiger partial charge is 0.384 e. The fourth-order valence-corrected chi connectivity index (χ4v) is 4.91. The van der Waals surface area contributed by atoms with Gasteiger partial charge in [-0.1, -0.05) is 30.3 Å². The number of hydrogen-bond acceptors (Lipinski definition) is 6. The van der Waals surface area contributed by atoms with Crippen LogP contribution in [0.5, 0.6) is 0 Å². The van der Waals surface area contributed by atoms with E-state index < -0.39 is 0 Å². The van der Waals surface area contributed by atoms with Crippen LogP contribution in [0.15, 0.2) is 72.4 Å². The fourth-order valence-electron chi connectivity index (χ4n) is 4.21. The monoisotopic (exact) mass is 452 g/mol. The van der Waals surface area contributed by atoms with Crippen molar-refractivity contribution in [3.8, 4) is 11.1 Å². The molecule has 1 amide bonds. The molecular weight excluding hydrogens is 432 g/mol. The van der Waals surface area contributed by atoms with Crippen molar-refractivity contribution >= 4 is 45.2 Å². The van der Waals surface area contributed by atoms with Gasteiger partial charge in [0.05, 0.1) is 22.3 Å². The minimum atomic E-state index is 0.0742. The Balaban J connectivity index is 1.35. The highest BCUT2D eigenvalue weighted by atomic mass is 32.1. The summed E-state index contributed by atoms with van der Waals surface area (Å²) in [5.41, 5.74) is 11.7. The summed E-state index contributed by atoms with van der Waals surface area (Å²) in [6, 6.07) is 15.7. The van der Waals surface area contributed by atoms with Gasteiger partial charge in [0.15, 0.2) is 5.65 Å². The van der Waals surface area contributed by atoms with E-state index in [1.807, 2.05) is 58.9 Å². The summed E-state index contributed by atoms with van der Waals surface area (Å²) in [4.78, 5) is 24.8. The van der Waals surface area contributed by atoms with Gasteiger partial charge in [-0.05, 0) is 35.6 Å². The maximum atomic E-state index is 12.6. The summed E-state index contributed by atoms with van der Waals surface area (Å²) >= 11 is 1.47. The molecule has 5 aromatic rings. The lowest BCUT2D eigenvalue weighted by atomic mass is 10.0. The molecule has 162 valence electrons. The molecule has 8 heteroatoms. The lowest BCUT2D eigenvalue weighted by molar-refractivity contribution is 0.0777. The highest BCUT2D eigenvalue weighted by Gasteiger charge is 2.21. The quantitative estimate of drug-likeness (QED) is 0.435. The van der Waals surface area contributed by atoms with E-state index in [2.05, 4.69) is 22.2 Å². The first kappa shape index (κ1) is 19.6. The summed E-state index contributed by atoms with van der Waals surface area (Å²) in [6.45, 7) is 1.20. The van der Waals surface area contributed by atoms with Crippen LogP contribution in [0.1, 0.15) is 21.8 Å². The van der Waals surface area contributed by atoms with Gasteiger partial charge in [-0.15, -0.1) is 11.3 Å². The Morgan fingerprint density at radius 3 is 2.82 bits per heavy atom. The van der Waals surface area contributed by atoms with E-state index in [-0.39, 0.29) is 5.91 Å². The molecule has 0 unspecified atom stereocenters. The fraction of sp³-hybridized carbons (Fsp3) is 0.120. The van der Waals surface area contributed by atoms with Gasteiger partial charge in [0.25, 0.3) is 5.91 Å². The number of nitrogens with two attached hydrogens (primary N) is 1. The van der Waals surface area contributed by atoms with Gasteiger partial charge in [0.2, 0.25) is 0 Å². The van der Waals surface area contributed by atoms with Crippen LogP contribution in [0, 0.1) is 0 Å². The van der Waals surface area contributed by atoms with Gasteiger partial charge in [-0.2, -0.15) is 9.61 Å². The maximum Gasteiger partial charge on any atom is 0.264 e. The summed E-state index contributed by atoms with van der Waals surface area (Å²) in [6.07, 6.45) is 6.42. The molecule has 0 aliphatic carbocycles. The Morgan fingerprint density at radius 1 is 1.09 bits per heavy atom. The first-order valence-electron chi connectivity index (χ1n) is 10.7. The van der Waals surface area contributed by atoms with Crippen molar-refractivity contribution in [2.24, 2.45) is 0 Å². The number of anilines is 1. The van der Waals surface area contributed by atoms with Crippen LogP contribution >= 0.6 is 11.3 Å². The Labute approximate surface area is 193 Å². The van der Waals surface area contributed by atoms with Crippen LogP contribution < -0.4 is 5.73 Å². The van der Waals surface area contributed by atoms with Crippen molar-refractivity contribution in [1.29, 1.82) is 0 Å². The van der Waals surface area contributed by atoms with Gasteiger partial charge in [-0.3, -0.25) is 9.78 Å². The van der Waals surface area contributed by atoms with E-state index in [0.717, 1.165) is 44.6 Å². The zero-order valence-electron chi connectivity index (χ0n) is 17.7. The highest BCUT2D eigenvalue weighted by Crippen LogP contribution is 2.30. The number of carbonyl (C=O) groups excluding carboxylic acids is 1. The molecule has 1 aliphatic heterocycles. The van der Waals surface area contributed by atoms with Crippen molar-refractivity contribution in [3.63, 3.8) is 0 Å². The number of fused-ring (bicyclic) bond motifs is 2. The molecule has 0 saturated heterocycles. The zero-order valence-corrected chi connectivity index (χ0v) is 18.5. The van der Waals surface area contributed by atoms with Crippen LogP contribution in [-0.4, -0.2) is 43.5 Å². The topological polar surface area (TPSA) is 89.4 Å². The van der Waals surface area contributed by atoms with Crippen LogP contribution in [-0.2, 0) is 0 Å². The molecule has 0 atom stereocenters. The van der Waals surface area contributed by atoms with E-state index in [4.69, 9.17) is 10.7 Å². The third-order valence-electron chi connectivity index (χ3n) is 5.96. The summed E-state index contributed by atoms with van der Waals surface area (Å²) < 4.78 is 1.66. The van der Waals surface area contributed by atoms with E-state index in [9.17, 15) is 4.79 Å². The molecule has 0 radical (unpaired) electrons. The van der Waals surface area contributed by atoms with E-state index in [1.54, 1.807) is 10.7 Å². The zero-order chi connectivity index (χ0) is 22.4. The third-order valence-corrected chi connectivity index (χ3v) is 6.82. The Kier molecular flexibility index (Phi) is 4.66. The van der Waals surface area contributed by atoms with Gasteiger partial charge >= 0.3 is 0 Å². The Hall–Kier alpha value is -4.04. The number of pyridine rings is 1. The molecule has 4 aromatic heterocycles. The second-order valence-electron chi connectivity index (χ2n) is 7.98. The standard InChI is InChI=1S/C25H20N6OS/c26-23-13-21(16-7-9-30(10-8-16)25(32)22-6-3-11-33-22)29-24-19(15-28-31(23)24)18-12-17-4-1-2-5-20(17)27-14-18/h1-7,11-15H,8-10,26H2. The highest BCUT2D eigenvalue weighted by molar-refractivity contribution is 7.12. The molecule has 0 spiro atoms. The Bertz CT molecular complexity index is 1540. The third kappa shape index (κ3) is 3.44. The average molecular weight is 453 g/mol. The van der Waals surface area contributed by atoms with Crippen LogP contribution in [0.25, 0.3) is 33.3 Å². The number of benzene rings is 1. The first-order valence-corrected chi connectivity index (χ1v) is 11.6. The van der Waals surface area contributed by atoms with Crippen molar-refractivity contribution in [1.82, 2.24) is 24.5 Å². The van der Waals surface area contributed by atoms with Gasteiger partial charge in [-0.25, -0.2) is 4.98 Å². The number of thiophene rings is 1. The van der Waals surface area contributed by atoms with E-state index in [0.29, 0.717) is 24.6 Å². The SMILES string of the molecule is Nc1cc(C2=CCN(C(=O)c3cccs3)CC2)nc2c(-c3cnc4ccccc4c3)cnn12. The number of carbonyl (C=O) groups is 1. The van der Waals surface area contributed by atoms with Crippen molar-refractivity contribution < 1.29 is 4.79 Å². The van der Waals surface area contributed by atoms with Crippen LogP contribution in [0.4, 0.5) is 5.82 Å². The molecule has 33 heavy (non-hydrogen) atoms. The molecule has 2 N–H and O–H groups in total. The predicted octanol–water partition coefficient (Wildman–Crippen LogP) is 4.52. The molecule has 1 aromatic carbocycles. The molecule has 0 fully saturated rings. The number of para-hydroxylation sites is 1. The smallest absolute Gasteiger partial charge is 0.264 e. The minimum Gasteiger partial charge on any atom is -0.384 e. The Morgan fingerprint density at radius 2 is 2.00 bits per heavy atom. The van der Waals surface area contributed by atoms with Crippen LogP contribution in [0.3, 0.4) is 0 Å². The van der Waals surface area contributed by atoms with E-state index >= 15 is 0 Å². The molecular formula is C25H20N6OS. The lowest BCUT2D eigenvalue weighted by Gasteiger charge is -2.26. The lowest BCUT2D eigenvalue weighted by Crippen LogP contribution is -2.34. The second kappa shape index (κ2) is 7.83. The summed E-state index contributed by atoms with van der Waals surface area (Å²) in [7, 11) is 0. The average Bonchev–Trinajstić information content (AvgIpc) is 3.54. The minimum absolute atomic E-state index is 0.0742. The van der Waals surface area contributed by atoms with Gasteiger partial charge < -0.3 is 10.6 Å². The summed E-state index contributed by atoms with van der Waals surface area (Å²) in [5, 5.41) is 7.44.